The van der Waals surface area contributed by atoms with Gasteiger partial charge >= 0.3 is 6.36 Å². The van der Waals surface area contributed by atoms with Crippen LogP contribution in [0.5, 0.6) is 0 Å². The molecule has 1 aliphatic heterocycles. The summed E-state index contributed by atoms with van der Waals surface area (Å²) in [5.74, 6) is 0. The summed E-state index contributed by atoms with van der Waals surface area (Å²) in [6.45, 7) is 1.37. The van der Waals surface area contributed by atoms with Crippen LogP contribution < -0.4 is 0 Å². The van der Waals surface area contributed by atoms with Gasteiger partial charge in [0.25, 0.3) is 0 Å². The molecule has 10 heavy (non-hydrogen) atoms. The number of hydrogen-bond acceptors (Lipinski definition) is 2. The summed E-state index contributed by atoms with van der Waals surface area (Å²) >= 11 is 0. The Hall–Kier alpha value is -0.290. The third-order valence-corrected chi connectivity index (χ3v) is 1.05. The summed E-state index contributed by atoms with van der Waals surface area (Å²) in [6, 6.07) is 0. The monoisotopic (exact) mass is 155 g/mol. The first kappa shape index (κ1) is 7.81. The van der Waals surface area contributed by atoms with Crippen molar-refractivity contribution in [3.05, 3.63) is 6.61 Å². The Balaban J connectivity index is 2.24. The highest BCUT2D eigenvalue weighted by Gasteiger charge is 2.35. The van der Waals surface area contributed by atoms with Crippen molar-refractivity contribution >= 4 is 0 Å². The molecule has 0 N–H and O–H groups in total. The van der Waals surface area contributed by atoms with E-state index >= 15 is 0 Å². The lowest BCUT2D eigenvalue weighted by Crippen LogP contribution is -2.21. The molecule has 0 spiro atoms. The van der Waals surface area contributed by atoms with Crippen LogP contribution in [-0.2, 0) is 9.47 Å². The molecular formula is C5H6F3O2. The van der Waals surface area contributed by atoms with Gasteiger partial charge in [-0.2, -0.15) is 0 Å². The summed E-state index contributed by atoms with van der Waals surface area (Å²) in [7, 11) is 0. The molecule has 0 aromatic heterocycles. The van der Waals surface area contributed by atoms with Crippen molar-refractivity contribution in [1.29, 1.82) is 0 Å². The minimum Gasteiger partial charge on any atom is -0.373 e. The Morgan fingerprint density at radius 3 is 2.60 bits per heavy atom. The molecule has 59 valence electrons. The van der Waals surface area contributed by atoms with Crippen molar-refractivity contribution in [3.63, 3.8) is 0 Å². The highest BCUT2D eigenvalue weighted by atomic mass is 19.4. The first-order valence-electron chi connectivity index (χ1n) is 2.77. The average Bonchev–Trinajstić information content (AvgIpc) is 2.12. The molecule has 1 saturated heterocycles. The van der Waals surface area contributed by atoms with E-state index in [4.69, 9.17) is 0 Å². The van der Waals surface area contributed by atoms with E-state index in [1.165, 1.54) is 0 Å². The van der Waals surface area contributed by atoms with Crippen molar-refractivity contribution in [2.75, 3.05) is 6.61 Å². The maximum Gasteiger partial charge on any atom is 0.522 e. The second kappa shape index (κ2) is 2.75. The van der Waals surface area contributed by atoms with Crippen LogP contribution in [0.3, 0.4) is 0 Å². The molecule has 0 aromatic rings. The number of alkyl halides is 3. The normalized spacial score (nSPS) is 27.3. The summed E-state index contributed by atoms with van der Waals surface area (Å²) in [6.07, 6.45) is -5.19. The van der Waals surface area contributed by atoms with Gasteiger partial charge in [-0.3, -0.25) is 4.74 Å². The van der Waals surface area contributed by atoms with E-state index in [2.05, 4.69) is 9.47 Å². The molecule has 0 aromatic carbocycles. The number of hydrogen-bond donors (Lipinski definition) is 0. The number of rotatable bonds is 1. The molecule has 2 nitrogen and oxygen atoms in total. The maximum atomic E-state index is 11.4. The van der Waals surface area contributed by atoms with E-state index < -0.39 is 12.5 Å². The lowest BCUT2D eigenvalue weighted by Gasteiger charge is -2.10. The maximum absolute atomic E-state index is 11.4. The van der Waals surface area contributed by atoms with E-state index in [0.29, 0.717) is 6.61 Å². The first-order chi connectivity index (χ1) is 4.58. The van der Waals surface area contributed by atoms with Crippen LogP contribution in [-0.4, -0.2) is 19.1 Å². The Morgan fingerprint density at radius 1 is 1.50 bits per heavy atom. The fourth-order valence-electron chi connectivity index (χ4n) is 0.686. The largest absolute Gasteiger partial charge is 0.522 e. The zero-order valence-electron chi connectivity index (χ0n) is 5.02. The molecule has 1 atom stereocenters. The predicted molar refractivity (Wildman–Crippen MR) is 25.8 cm³/mol. The third kappa shape index (κ3) is 2.53. The Bertz CT molecular complexity index is 106. The van der Waals surface area contributed by atoms with E-state index in [0.717, 1.165) is 6.61 Å². The molecule has 5 heteroatoms. The quantitative estimate of drug-likeness (QED) is 0.570. The second-order valence-corrected chi connectivity index (χ2v) is 1.90. The fraction of sp³-hybridized carbons (Fsp3) is 0.800. The smallest absolute Gasteiger partial charge is 0.373 e. The van der Waals surface area contributed by atoms with Crippen LogP contribution in [0, 0.1) is 6.61 Å². The zero-order chi connectivity index (χ0) is 7.61. The van der Waals surface area contributed by atoms with Crippen molar-refractivity contribution in [2.45, 2.75) is 18.9 Å². The molecule has 1 aliphatic rings. The highest BCUT2D eigenvalue weighted by Crippen LogP contribution is 2.24. The highest BCUT2D eigenvalue weighted by molar-refractivity contribution is 4.74. The third-order valence-electron chi connectivity index (χ3n) is 1.05. The Labute approximate surface area is 55.9 Å². The van der Waals surface area contributed by atoms with Crippen molar-refractivity contribution in [3.8, 4) is 0 Å². The lowest BCUT2D eigenvalue weighted by atomic mass is 10.3. The van der Waals surface area contributed by atoms with Crippen LogP contribution in [0.2, 0.25) is 0 Å². The molecule has 0 bridgehead atoms. The van der Waals surface area contributed by atoms with Gasteiger partial charge in [-0.05, 0) is 6.42 Å². The second-order valence-electron chi connectivity index (χ2n) is 1.90. The van der Waals surface area contributed by atoms with Gasteiger partial charge in [-0.1, -0.05) is 0 Å². The summed E-state index contributed by atoms with van der Waals surface area (Å²) in [5, 5.41) is 0. The fourth-order valence-corrected chi connectivity index (χ4v) is 0.686. The van der Waals surface area contributed by atoms with Crippen LogP contribution in [0.4, 0.5) is 13.2 Å². The van der Waals surface area contributed by atoms with Gasteiger partial charge in [0.15, 0.2) is 0 Å². The number of halogens is 3. The molecule has 1 radical (unpaired) electrons. The van der Waals surface area contributed by atoms with Crippen molar-refractivity contribution < 1.29 is 22.6 Å². The summed E-state index contributed by atoms with van der Waals surface area (Å²) in [5.41, 5.74) is 0. The topological polar surface area (TPSA) is 18.5 Å². The van der Waals surface area contributed by atoms with Gasteiger partial charge < -0.3 is 4.74 Å². The zero-order valence-corrected chi connectivity index (χ0v) is 5.02. The minimum absolute atomic E-state index is 0.277. The van der Waals surface area contributed by atoms with Gasteiger partial charge in [-0.25, -0.2) is 0 Å². The molecule has 0 amide bonds. The van der Waals surface area contributed by atoms with Crippen molar-refractivity contribution in [2.24, 2.45) is 0 Å². The SMILES string of the molecule is FC(F)(F)OC1[CH]OCC1. The predicted octanol–water partition coefficient (Wildman–Crippen LogP) is 1.47. The van der Waals surface area contributed by atoms with E-state index in [1.807, 2.05) is 0 Å². The van der Waals surface area contributed by atoms with Crippen LogP contribution in [0.1, 0.15) is 6.42 Å². The molecule has 0 saturated carbocycles. The van der Waals surface area contributed by atoms with Crippen molar-refractivity contribution in [1.82, 2.24) is 0 Å². The molecular weight excluding hydrogens is 149 g/mol. The average molecular weight is 155 g/mol. The van der Waals surface area contributed by atoms with E-state index in [1.54, 1.807) is 0 Å². The molecule has 1 rings (SSSR count). The van der Waals surface area contributed by atoms with E-state index in [9.17, 15) is 13.2 Å². The Kier molecular flexibility index (Phi) is 2.15. The van der Waals surface area contributed by atoms with Crippen LogP contribution >= 0.6 is 0 Å². The van der Waals surface area contributed by atoms with Gasteiger partial charge in [0.1, 0.15) is 6.61 Å². The van der Waals surface area contributed by atoms with Crippen LogP contribution in [0.25, 0.3) is 0 Å². The van der Waals surface area contributed by atoms with E-state index in [-0.39, 0.29) is 6.42 Å². The van der Waals surface area contributed by atoms with Gasteiger partial charge in [0.2, 0.25) is 0 Å². The summed E-state index contributed by atoms with van der Waals surface area (Å²) < 4.78 is 42.4. The molecule has 0 aliphatic carbocycles. The number of ether oxygens (including phenoxy) is 2. The molecule has 1 heterocycles. The Morgan fingerprint density at radius 2 is 2.20 bits per heavy atom. The summed E-state index contributed by atoms with van der Waals surface area (Å²) in [4.78, 5) is 0. The molecule has 1 unspecified atom stereocenters. The molecule has 1 fully saturated rings. The van der Waals surface area contributed by atoms with Crippen LogP contribution in [0.15, 0.2) is 0 Å². The van der Waals surface area contributed by atoms with Gasteiger partial charge in [0.05, 0.1) is 6.10 Å². The van der Waals surface area contributed by atoms with Gasteiger partial charge in [-0.15, -0.1) is 13.2 Å². The lowest BCUT2D eigenvalue weighted by molar-refractivity contribution is -0.338. The first-order valence-corrected chi connectivity index (χ1v) is 2.77. The van der Waals surface area contributed by atoms with Gasteiger partial charge in [0, 0.05) is 6.61 Å². The minimum atomic E-state index is -4.55. The standard InChI is InChI=1S/C5H6F3O2/c6-5(7,8)10-4-1-2-9-3-4/h3-4H,1-2H2.